The molecule has 0 N–H and O–H groups in total. The Hall–Kier alpha value is -7.44. The van der Waals surface area contributed by atoms with Crippen LogP contribution in [0.1, 0.15) is 23.6 Å². The third-order valence-corrected chi connectivity index (χ3v) is 11.8. The largest absolute Gasteiger partial charge is 0.434 e. The first-order valence-corrected chi connectivity index (χ1v) is 19.4. The van der Waals surface area contributed by atoms with Crippen LogP contribution in [-0.2, 0) is 0 Å². The minimum atomic E-state index is 0.0869. The lowest BCUT2D eigenvalue weighted by molar-refractivity contribution is 0.621. The van der Waals surface area contributed by atoms with Gasteiger partial charge in [0, 0.05) is 44.7 Å². The fourth-order valence-corrected chi connectivity index (χ4v) is 8.97. The van der Waals surface area contributed by atoms with E-state index in [9.17, 15) is 0 Å². The van der Waals surface area contributed by atoms with Crippen LogP contribution >= 0.6 is 0 Å². The highest BCUT2D eigenvalue weighted by molar-refractivity contribution is 6.07. The van der Waals surface area contributed by atoms with Crippen molar-refractivity contribution in [3.63, 3.8) is 0 Å². The summed E-state index contributed by atoms with van der Waals surface area (Å²) in [5.74, 6) is 2.98. The highest BCUT2D eigenvalue weighted by Gasteiger charge is 2.59. The molecular weight excluding hydrogens is 699 g/mol. The van der Waals surface area contributed by atoms with Crippen LogP contribution in [0, 0.1) is 5.41 Å². The van der Waals surface area contributed by atoms with Gasteiger partial charge in [0.05, 0.1) is 11.2 Å². The molecule has 0 aliphatic heterocycles. The lowest BCUT2D eigenvalue weighted by Gasteiger charge is -2.23. The third kappa shape index (κ3) is 5.04. The first-order chi connectivity index (χ1) is 28.2. The minimum absolute atomic E-state index is 0.0869. The van der Waals surface area contributed by atoms with Crippen molar-refractivity contribution in [2.24, 2.45) is 5.41 Å². The fraction of sp³-hybridized carbons (Fsp3) is 0.0588. The molecule has 12 rings (SSSR count). The van der Waals surface area contributed by atoms with Crippen LogP contribution in [0.5, 0.6) is 0 Å². The summed E-state index contributed by atoms with van der Waals surface area (Å²) in [6.45, 7) is 0. The van der Waals surface area contributed by atoms with Crippen LogP contribution in [0.15, 0.2) is 186 Å². The Balaban J connectivity index is 0.982. The van der Waals surface area contributed by atoms with E-state index in [1.165, 1.54) is 22.2 Å². The number of aromatic nitrogens is 5. The fourth-order valence-electron chi connectivity index (χ4n) is 8.97. The predicted octanol–water partition coefficient (Wildman–Crippen LogP) is 12.3. The van der Waals surface area contributed by atoms with Crippen molar-refractivity contribution < 1.29 is 4.42 Å². The Morgan fingerprint density at radius 3 is 1.89 bits per heavy atom. The number of hydrogen-bond acceptors (Lipinski definition) is 5. The Bertz CT molecular complexity index is 3080. The predicted molar refractivity (Wildman–Crippen MR) is 227 cm³/mol. The Morgan fingerprint density at radius 1 is 0.561 bits per heavy atom. The quantitative estimate of drug-likeness (QED) is 0.170. The van der Waals surface area contributed by atoms with Crippen molar-refractivity contribution in [3.05, 3.63) is 193 Å². The van der Waals surface area contributed by atoms with Crippen LogP contribution in [-0.4, -0.2) is 24.5 Å². The molecule has 6 heteroatoms. The molecule has 2 unspecified atom stereocenters. The van der Waals surface area contributed by atoms with E-state index < -0.39 is 0 Å². The molecule has 6 aromatic carbocycles. The van der Waals surface area contributed by atoms with Gasteiger partial charge in [0.15, 0.2) is 23.1 Å². The van der Waals surface area contributed by atoms with E-state index in [0.29, 0.717) is 29.3 Å². The van der Waals surface area contributed by atoms with E-state index in [1.54, 1.807) is 0 Å². The number of fused-ring (bicyclic) bond motifs is 6. The molecule has 9 aromatic rings. The summed E-state index contributed by atoms with van der Waals surface area (Å²) in [6, 6.07) is 52.0. The average molecular weight is 732 g/mol. The van der Waals surface area contributed by atoms with Gasteiger partial charge in [-0.25, -0.2) is 19.9 Å². The molecule has 3 aliphatic carbocycles. The van der Waals surface area contributed by atoms with Gasteiger partial charge in [0.2, 0.25) is 5.89 Å². The van der Waals surface area contributed by atoms with Gasteiger partial charge < -0.3 is 8.98 Å². The second-order valence-electron chi connectivity index (χ2n) is 15.1. The molecule has 268 valence electrons. The van der Waals surface area contributed by atoms with Crippen LogP contribution in [0.3, 0.4) is 0 Å². The molecule has 3 aliphatic rings. The zero-order chi connectivity index (χ0) is 37.5. The van der Waals surface area contributed by atoms with Gasteiger partial charge >= 0.3 is 0 Å². The van der Waals surface area contributed by atoms with Crippen molar-refractivity contribution >= 4 is 28.1 Å². The first-order valence-electron chi connectivity index (χ1n) is 19.4. The Labute approximate surface area is 328 Å². The zero-order valence-corrected chi connectivity index (χ0v) is 30.7. The molecule has 0 radical (unpaired) electrons. The number of hydrogen-bond donors (Lipinski definition) is 0. The van der Waals surface area contributed by atoms with E-state index >= 15 is 0 Å². The highest BCUT2D eigenvalue weighted by atomic mass is 16.3. The number of rotatable bonds is 6. The van der Waals surface area contributed by atoms with Gasteiger partial charge in [-0.15, -0.1) is 0 Å². The van der Waals surface area contributed by atoms with Crippen LogP contribution in [0.2, 0.25) is 0 Å². The molecule has 2 atom stereocenters. The van der Waals surface area contributed by atoms with Crippen molar-refractivity contribution in [2.45, 2.75) is 12.3 Å². The summed E-state index contributed by atoms with van der Waals surface area (Å²) in [6.07, 6.45) is 12.6. The van der Waals surface area contributed by atoms with Crippen molar-refractivity contribution in [3.8, 4) is 62.4 Å². The Kier molecular flexibility index (Phi) is 6.87. The van der Waals surface area contributed by atoms with Crippen molar-refractivity contribution in [2.75, 3.05) is 0 Å². The highest BCUT2D eigenvalue weighted by Crippen LogP contribution is 2.70. The van der Waals surface area contributed by atoms with Gasteiger partial charge in [-0.2, -0.15) is 0 Å². The van der Waals surface area contributed by atoms with Crippen LogP contribution in [0.4, 0.5) is 0 Å². The Morgan fingerprint density at radius 2 is 1.19 bits per heavy atom. The second-order valence-corrected chi connectivity index (χ2v) is 15.1. The summed E-state index contributed by atoms with van der Waals surface area (Å²) in [5, 5.41) is 1.23. The molecule has 3 aromatic heterocycles. The standard InChI is InChI=1S/C51H33N5O/c1-4-13-33(14-5-1)47-53-48(34-15-6-2-7-16-34)55-49(54-47)37-20-12-19-36(29-37)32-22-24-39(25-23-32)56-43-30-38-21-10-11-28-51(38)31-41(51)44(43)40-26-27-42-46(45(40)56)57-50(52-42)35-17-8-3-9-18-35/h1-30,41H,31H2. The molecule has 1 fully saturated rings. The molecule has 0 bridgehead atoms. The first kappa shape index (κ1) is 31.9. The molecular formula is C51H33N5O. The zero-order valence-electron chi connectivity index (χ0n) is 30.7. The lowest BCUT2D eigenvalue weighted by Crippen LogP contribution is -2.11. The summed E-state index contributed by atoms with van der Waals surface area (Å²) >= 11 is 0. The van der Waals surface area contributed by atoms with Gasteiger partial charge in [0.1, 0.15) is 5.52 Å². The summed E-state index contributed by atoms with van der Waals surface area (Å²) in [7, 11) is 0. The van der Waals surface area contributed by atoms with Crippen LogP contribution in [0.25, 0.3) is 90.5 Å². The van der Waals surface area contributed by atoms with Crippen molar-refractivity contribution in [1.29, 1.82) is 0 Å². The molecule has 3 heterocycles. The van der Waals surface area contributed by atoms with Crippen molar-refractivity contribution in [1.82, 2.24) is 24.5 Å². The topological polar surface area (TPSA) is 69.6 Å². The SMILES string of the molecule is C1=CC2=Cc3c(c4ccc5nc(-c6ccccc6)oc5c4n3-c3ccc(-c4cccc(-c5nc(-c6ccccc6)nc(-c6ccccc6)n5)c4)cc3)C3CC23C=C1. The maximum atomic E-state index is 6.70. The second kappa shape index (κ2) is 12.3. The van der Waals surface area contributed by atoms with E-state index in [1.807, 2.05) is 91.0 Å². The smallest absolute Gasteiger partial charge is 0.227 e. The van der Waals surface area contributed by atoms with E-state index in [0.717, 1.165) is 62.1 Å². The molecule has 0 amide bonds. The molecule has 1 saturated carbocycles. The van der Waals surface area contributed by atoms with E-state index in [-0.39, 0.29) is 5.41 Å². The maximum absolute atomic E-state index is 6.70. The van der Waals surface area contributed by atoms with E-state index in [4.69, 9.17) is 24.4 Å². The van der Waals surface area contributed by atoms with Crippen LogP contribution < -0.4 is 0 Å². The average Bonchev–Trinajstić information content (AvgIpc) is 3.67. The monoisotopic (exact) mass is 731 g/mol. The summed E-state index contributed by atoms with van der Waals surface area (Å²) < 4.78 is 9.10. The molecule has 57 heavy (non-hydrogen) atoms. The van der Waals surface area contributed by atoms with Gasteiger partial charge in [0.25, 0.3) is 0 Å². The third-order valence-electron chi connectivity index (χ3n) is 11.8. The molecule has 6 nitrogen and oxygen atoms in total. The van der Waals surface area contributed by atoms with Gasteiger partial charge in [-0.05, 0) is 71.2 Å². The lowest BCUT2D eigenvalue weighted by atomic mass is 9.82. The summed E-state index contributed by atoms with van der Waals surface area (Å²) in [5.41, 5.74) is 13.8. The van der Waals surface area contributed by atoms with Gasteiger partial charge in [-0.1, -0.05) is 140 Å². The minimum Gasteiger partial charge on any atom is -0.434 e. The maximum Gasteiger partial charge on any atom is 0.227 e. The number of benzene rings is 6. The summed E-state index contributed by atoms with van der Waals surface area (Å²) in [4.78, 5) is 19.8. The number of oxazole rings is 1. The molecule has 0 saturated heterocycles. The van der Waals surface area contributed by atoms with E-state index in [2.05, 4.69) is 95.6 Å². The normalized spacial score (nSPS) is 17.6. The number of allylic oxidation sites excluding steroid dienone is 5. The number of nitrogens with zero attached hydrogens (tertiary/aromatic N) is 5. The molecule has 1 spiro atoms. The van der Waals surface area contributed by atoms with Gasteiger partial charge in [-0.3, -0.25) is 0 Å².